The molecule has 10 heavy (non-hydrogen) atoms. The fourth-order valence-corrected chi connectivity index (χ4v) is 0.736. The van der Waals surface area contributed by atoms with Crippen molar-refractivity contribution in [2.24, 2.45) is 5.92 Å². The summed E-state index contributed by atoms with van der Waals surface area (Å²) in [5.41, 5.74) is 1.28. The van der Waals surface area contributed by atoms with E-state index in [2.05, 4.69) is 26.6 Å². The number of nitrogens with zero attached hydrogens (tertiary/aromatic N) is 1. The Balaban J connectivity index is 4.18. The lowest BCUT2D eigenvalue weighted by atomic mass is 10.1. The third kappa shape index (κ3) is 3.33. The van der Waals surface area contributed by atoms with Crippen molar-refractivity contribution in [1.82, 2.24) is 4.90 Å². The van der Waals surface area contributed by atoms with Crippen LogP contribution in [-0.2, 0) is 0 Å². The lowest BCUT2D eigenvalue weighted by Crippen LogP contribution is -2.04. The zero-order valence-corrected chi connectivity index (χ0v) is 7.39. The van der Waals surface area contributed by atoms with E-state index in [1.54, 1.807) is 0 Å². The Kier molecular flexibility index (Phi) is 3.85. The van der Waals surface area contributed by atoms with Crippen LogP contribution in [0.25, 0.3) is 0 Å². The van der Waals surface area contributed by atoms with Crippen molar-refractivity contribution in [3.63, 3.8) is 0 Å². The lowest BCUT2D eigenvalue weighted by Gasteiger charge is -2.10. The first kappa shape index (κ1) is 9.28. The Hall–Kier alpha value is -0.720. The van der Waals surface area contributed by atoms with E-state index in [1.807, 2.05) is 25.1 Å². The first-order valence-electron chi connectivity index (χ1n) is 3.58. The van der Waals surface area contributed by atoms with Gasteiger partial charge in [-0.15, -0.1) is 0 Å². The molecule has 0 N–H and O–H groups in total. The van der Waals surface area contributed by atoms with Crippen molar-refractivity contribution in [3.8, 4) is 0 Å². The summed E-state index contributed by atoms with van der Waals surface area (Å²) in [4.78, 5) is 2.04. The average molecular weight is 139 g/mol. The summed E-state index contributed by atoms with van der Waals surface area (Å²) in [5, 5.41) is 0. The van der Waals surface area contributed by atoms with Crippen LogP contribution in [0.3, 0.4) is 0 Å². The summed E-state index contributed by atoms with van der Waals surface area (Å²) in [7, 11) is 4.04. The minimum Gasteiger partial charge on any atom is -0.383 e. The maximum absolute atomic E-state index is 3.74. The zero-order chi connectivity index (χ0) is 8.15. The van der Waals surface area contributed by atoms with Crippen molar-refractivity contribution in [2.45, 2.75) is 13.8 Å². The molecular formula is C9H17N. The normalized spacial score (nSPS) is 11.9. The van der Waals surface area contributed by atoms with Gasteiger partial charge in [0.25, 0.3) is 0 Å². The molecule has 0 heterocycles. The molecule has 0 radical (unpaired) electrons. The molecule has 0 rings (SSSR count). The van der Waals surface area contributed by atoms with E-state index in [4.69, 9.17) is 0 Å². The molecule has 0 aliphatic heterocycles. The highest BCUT2D eigenvalue weighted by molar-refractivity contribution is 5.17. The SMILES string of the molecule is C=C/C(=C\N(C)C)C(C)C. The molecule has 58 valence electrons. The van der Waals surface area contributed by atoms with Gasteiger partial charge in [-0.1, -0.05) is 26.5 Å². The van der Waals surface area contributed by atoms with Crippen LogP contribution in [-0.4, -0.2) is 19.0 Å². The van der Waals surface area contributed by atoms with E-state index in [0.717, 1.165) is 0 Å². The van der Waals surface area contributed by atoms with Gasteiger partial charge in [-0.3, -0.25) is 0 Å². The van der Waals surface area contributed by atoms with Gasteiger partial charge in [0.05, 0.1) is 0 Å². The molecule has 0 atom stereocenters. The van der Waals surface area contributed by atoms with Crippen LogP contribution >= 0.6 is 0 Å². The molecule has 0 aromatic heterocycles. The smallest absolute Gasteiger partial charge is 0.00557 e. The van der Waals surface area contributed by atoms with Gasteiger partial charge in [0.15, 0.2) is 0 Å². The van der Waals surface area contributed by atoms with Gasteiger partial charge in [-0.05, 0) is 11.5 Å². The van der Waals surface area contributed by atoms with Gasteiger partial charge < -0.3 is 4.90 Å². The van der Waals surface area contributed by atoms with Crippen LogP contribution in [0.2, 0.25) is 0 Å². The average Bonchev–Trinajstić information content (AvgIpc) is 1.81. The molecule has 0 aromatic carbocycles. The van der Waals surface area contributed by atoms with Crippen molar-refractivity contribution >= 4 is 0 Å². The maximum Gasteiger partial charge on any atom is 0.00557 e. The van der Waals surface area contributed by atoms with Gasteiger partial charge in [0.1, 0.15) is 0 Å². The number of rotatable bonds is 3. The summed E-state index contributed by atoms with van der Waals surface area (Å²) >= 11 is 0. The van der Waals surface area contributed by atoms with Crippen molar-refractivity contribution in [1.29, 1.82) is 0 Å². The summed E-state index contributed by atoms with van der Waals surface area (Å²) in [5.74, 6) is 0.569. The first-order chi connectivity index (χ1) is 4.57. The summed E-state index contributed by atoms with van der Waals surface area (Å²) in [6, 6.07) is 0. The van der Waals surface area contributed by atoms with E-state index in [1.165, 1.54) is 5.57 Å². The zero-order valence-electron chi connectivity index (χ0n) is 7.39. The highest BCUT2D eigenvalue weighted by Gasteiger charge is 1.96. The predicted octanol–water partition coefficient (Wildman–Crippen LogP) is 2.27. The van der Waals surface area contributed by atoms with Crippen LogP contribution in [0, 0.1) is 5.92 Å². The predicted molar refractivity (Wildman–Crippen MR) is 46.8 cm³/mol. The molecule has 0 aromatic rings. The van der Waals surface area contributed by atoms with Crippen molar-refractivity contribution in [2.75, 3.05) is 14.1 Å². The molecule has 1 heteroatoms. The topological polar surface area (TPSA) is 3.24 Å². The molecule has 0 unspecified atom stereocenters. The second-order valence-electron chi connectivity index (χ2n) is 2.95. The quantitative estimate of drug-likeness (QED) is 0.542. The Morgan fingerprint density at radius 3 is 2.00 bits per heavy atom. The molecule has 0 spiro atoms. The van der Waals surface area contributed by atoms with Crippen LogP contribution in [0.15, 0.2) is 24.4 Å². The van der Waals surface area contributed by atoms with Gasteiger partial charge in [0.2, 0.25) is 0 Å². The molecule has 0 aliphatic carbocycles. The largest absolute Gasteiger partial charge is 0.383 e. The second kappa shape index (κ2) is 4.15. The second-order valence-corrected chi connectivity index (χ2v) is 2.95. The third-order valence-corrected chi connectivity index (χ3v) is 1.31. The van der Waals surface area contributed by atoms with Crippen LogP contribution in [0.4, 0.5) is 0 Å². The number of hydrogen-bond acceptors (Lipinski definition) is 1. The van der Waals surface area contributed by atoms with E-state index in [0.29, 0.717) is 5.92 Å². The molecule has 0 aliphatic rings. The van der Waals surface area contributed by atoms with Gasteiger partial charge in [0, 0.05) is 20.3 Å². The Morgan fingerprint density at radius 2 is 1.90 bits per heavy atom. The van der Waals surface area contributed by atoms with Crippen LogP contribution < -0.4 is 0 Å². The fraction of sp³-hybridized carbons (Fsp3) is 0.556. The molecular weight excluding hydrogens is 122 g/mol. The Morgan fingerprint density at radius 1 is 1.40 bits per heavy atom. The third-order valence-electron chi connectivity index (χ3n) is 1.31. The molecule has 0 fully saturated rings. The molecule has 0 bridgehead atoms. The van der Waals surface area contributed by atoms with Crippen LogP contribution in [0.1, 0.15) is 13.8 Å². The van der Waals surface area contributed by atoms with E-state index < -0.39 is 0 Å². The first-order valence-corrected chi connectivity index (χ1v) is 3.58. The van der Waals surface area contributed by atoms with Gasteiger partial charge in [-0.25, -0.2) is 0 Å². The molecule has 0 amide bonds. The fourth-order valence-electron chi connectivity index (χ4n) is 0.736. The van der Waals surface area contributed by atoms with E-state index in [-0.39, 0.29) is 0 Å². The maximum atomic E-state index is 3.74. The van der Waals surface area contributed by atoms with Gasteiger partial charge in [-0.2, -0.15) is 0 Å². The molecule has 0 saturated heterocycles. The van der Waals surface area contributed by atoms with Crippen LogP contribution in [0.5, 0.6) is 0 Å². The van der Waals surface area contributed by atoms with Crippen molar-refractivity contribution < 1.29 is 0 Å². The summed E-state index contributed by atoms with van der Waals surface area (Å²) < 4.78 is 0. The Labute approximate surface area is 64.0 Å². The van der Waals surface area contributed by atoms with E-state index >= 15 is 0 Å². The minimum absolute atomic E-state index is 0.569. The highest BCUT2D eigenvalue weighted by atomic mass is 15.0. The molecule has 1 nitrogen and oxygen atoms in total. The standard InChI is InChI=1S/C9H17N/c1-6-9(8(2)3)7-10(4)5/h6-8H,1H2,2-5H3/b9-7+. The summed E-state index contributed by atoms with van der Waals surface area (Å²) in [6.45, 7) is 8.07. The number of allylic oxidation sites excluding steroid dienone is 2. The highest BCUT2D eigenvalue weighted by Crippen LogP contribution is 2.09. The monoisotopic (exact) mass is 139 g/mol. The van der Waals surface area contributed by atoms with Crippen molar-refractivity contribution in [3.05, 3.63) is 24.4 Å². The lowest BCUT2D eigenvalue weighted by molar-refractivity contribution is 0.550. The molecule has 0 saturated carbocycles. The van der Waals surface area contributed by atoms with E-state index in [9.17, 15) is 0 Å². The minimum atomic E-state index is 0.569. The van der Waals surface area contributed by atoms with Gasteiger partial charge >= 0.3 is 0 Å². The Bertz CT molecular complexity index is 132. The number of hydrogen-bond donors (Lipinski definition) is 0. The summed E-state index contributed by atoms with van der Waals surface area (Å²) in [6.07, 6.45) is 4.00.